The summed E-state index contributed by atoms with van der Waals surface area (Å²) in [5.41, 5.74) is 3.63. The predicted octanol–water partition coefficient (Wildman–Crippen LogP) is 5.47. The van der Waals surface area contributed by atoms with Crippen LogP contribution < -0.4 is 0 Å². The van der Waals surface area contributed by atoms with Gasteiger partial charge in [0.25, 0.3) is 0 Å². The van der Waals surface area contributed by atoms with E-state index in [1.54, 1.807) is 0 Å². The molecule has 0 aromatic heterocycles. The molecule has 2 bridgehead atoms. The molecule has 1 N–H and O–H groups in total. The van der Waals surface area contributed by atoms with E-state index in [9.17, 15) is 5.11 Å². The van der Waals surface area contributed by atoms with Gasteiger partial charge in [-0.05, 0) is 47.8 Å². The van der Waals surface area contributed by atoms with Gasteiger partial charge in [-0.25, -0.2) is 0 Å². The number of nitrogens with zero attached hydrogens (tertiary/aromatic N) is 1. The van der Waals surface area contributed by atoms with Crippen LogP contribution in [-0.4, -0.2) is 27.7 Å². The summed E-state index contributed by atoms with van der Waals surface area (Å²) in [5, 5.41) is 11.5. The van der Waals surface area contributed by atoms with E-state index in [-0.39, 0.29) is 5.41 Å². The number of fused-ring (bicyclic) bond motifs is 2. The van der Waals surface area contributed by atoms with Crippen molar-refractivity contribution in [3.05, 3.63) is 71.3 Å². The Bertz CT molecular complexity index is 760. The molecule has 2 nitrogen and oxygen atoms in total. The van der Waals surface area contributed by atoms with Crippen LogP contribution >= 0.6 is 0 Å². The maximum absolute atomic E-state index is 11.5. The molecule has 0 spiro atoms. The molecule has 2 aliphatic rings. The molecule has 0 radical (unpaired) electrons. The first-order valence-electron chi connectivity index (χ1n) is 10.9. The quantitative estimate of drug-likeness (QED) is 0.763. The predicted molar refractivity (Wildman–Crippen MR) is 116 cm³/mol. The number of benzene rings is 2. The van der Waals surface area contributed by atoms with Gasteiger partial charge in [-0.15, -0.1) is 0 Å². The van der Waals surface area contributed by atoms with Gasteiger partial charge in [0.1, 0.15) is 0 Å². The minimum absolute atomic E-state index is 0.176. The number of rotatable bonds is 4. The monoisotopic (exact) mass is 377 g/mol. The molecule has 0 amide bonds. The van der Waals surface area contributed by atoms with Crippen LogP contribution in [0.5, 0.6) is 0 Å². The molecule has 2 fully saturated rings. The molecular weight excluding hydrogens is 342 g/mol. The van der Waals surface area contributed by atoms with Crippen LogP contribution in [-0.2, 0) is 18.4 Å². The smallest absolute Gasteiger partial charge is 0.0717 e. The molecule has 2 heteroatoms. The molecule has 150 valence electrons. The van der Waals surface area contributed by atoms with Crippen LogP contribution in [0, 0.1) is 0 Å². The van der Waals surface area contributed by atoms with Gasteiger partial charge in [0.05, 0.1) is 5.60 Å². The largest absolute Gasteiger partial charge is 0.389 e. The van der Waals surface area contributed by atoms with Gasteiger partial charge >= 0.3 is 0 Å². The van der Waals surface area contributed by atoms with Crippen LogP contribution in [0.4, 0.5) is 0 Å². The van der Waals surface area contributed by atoms with Crippen molar-refractivity contribution in [2.75, 3.05) is 0 Å². The van der Waals surface area contributed by atoms with Crippen molar-refractivity contribution in [2.45, 2.75) is 88.9 Å². The van der Waals surface area contributed by atoms with Crippen molar-refractivity contribution in [1.29, 1.82) is 0 Å². The summed E-state index contributed by atoms with van der Waals surface area (Å²) in [7, 11) is 0. The summed E-state index contributed by atoms with van der Waals surface area (Å²) < 4.78 is 0. The lowest BCUT2D eigenvalue weighted by atomic mass is 9.73. The van der Waals surface area contributed by atoms with E-state index >= 15 is 0 Å². The van der Waals surface area contributed by atoms with Crippen LogP contribution in [0.3, 0.4) is 0 Å². The minimum atomic E-state index is -0.563. The highest BCUT2D eigenvalue weighted by Crippen LogP contribution is 2.41. The van der Waals surface area contributed by atoms with Crippen molar-refractivity contribution < 1.29 is 5.11 Å². The molecule has 2 heterocycles. The first-order valence-corrected chi connectivity index (χ1v) is 10.9. The molecule has 0 saturated carbocycles. The second kappa shape index (κ2) is 7.65. The van der Waals surface area contributed by atoms with E-state index < -0.39 is 5.60 Å². The Balaban J connectivity index is 1.46. The van der Waals surface area contributed by atoms with Gasteiger partial charge in [-0.2, -0.15) is 0 Å². The maximum atomic E-state index is 11.5. The lowest BCUT2D eigenvalue weighted by Gasteiger charge is -2.52. The molecule has 2 aliphatic heterocycles. The minimum Gasteiger partial charge on any atom is -0.389 e. The van der Waals surface area contributed by atoms with Crippen LogP contribution in [0.2, 0.25) is 0 Å². The Morgan fingerprint density at radius 3 is 2.07 bits per heavy atom. The van der Waals surface area contributed by atoms with Gasteiger partial charge in [0.15, 0.2) is 0 Å². The average Bonchev–Trinajstić information content (AvgIpc) is 2.63. The Kier molecular flexibility index (Phi) is 5.37. The standard InChI is InChI=1S/C26H35NO/c1-25(2,3)22-14-12-20(13-15-22)16-26(28)17-23-10-7-11-24(18-26)27(23)19-21-8-5-4-6-9-21/h4-6,8-9,12-15,23-24,28H,7,10-11,16-19H2,1-3H3. The number of hydrogen-bond donors (Lipinski definition) is 1. The van der Waals surface area contributed by atoms with E-state index in [0.29, 0.717) is 12.1 Å². The highest BCUT2D eigenvalue weighted by molar-refractivity contribution is 5.28. The van der Waals surface area contributed by atoms with E-state index in [0.717, 1.165) is 25.8 Å². The summed E-state index contributed by atoms with van der Waals surface area (Å²) in [5.74, 6) is 0. The van der Waals surface area contributed by atoms with Crippen molar-refractivity contribution in [2.24, 2.45) is 0 Å². The van der Waals surface area contributed by atoms with Gasteiger partial charge < -0.3 is 5.11 Å². The Hall–Kier alpha value is -1.64. The second-order valence-electron chi connectivity index (χ2n) is 10.2. The Morgan fingerprint density at radius 2 is 1.50 bits per heavy atom. The van der Waals surface area contributed by atoms with Gasteiger partial charge in [-0.1, -0.05) is 81.8 Å². The van der Waals surface area contributed by atoms with Gasteiger partial charge in [0.2, 0.25) is 0 Å². The third kappa shape index (κ3) is 4.34. The molecule has 2 aromatic rings. The second-order valence-corrected chi connectivity index (χ2v) is 10.2. The Morgan fingerprint density at radius 1 is 0.893 bits per heavy atom. The average molecular weight is 378 g/mol. The van der Waals surface area contributed by atoms with Gasteiger partial charge in [-0.3, -0.25) is 4.90 Å². The topological polar surface area (TPSA) is 23.5 Å². The highest BCUT2D eigenvalue weighted by Gasteiger charge is 2.45. The summed E-state index contributed by atoms with van der Waals surface area (Å²) in [6.45, 7) is 7.77. The van der Waals surface area contributed by atoms with E-state index in [1.807, 2.05) is 0 Å². The molecular formula is C26H35NO. The fourth-order valence-corrected chi connectivity index (χ4v) is 5.32. The van der Waals surface area contributed by atoms with E-state index in [1.165, 1.54) is 36.0 Å². The van der Waals surface area contributed by atoms with E-state index in [2.05, 4.69) is 80.3 Å². The first-order chi connectivity index (χ1) is 13.3. The summed E-state index contributed by atoms with van der Waals surface area (Å²) >= 11 is 0. The molecule has 2 aromatic carbocycles. The zero-order valence-corrected chi connectivity index (χ0v) is 17.7. The van der Waals surface area contributed by atoms with Crippen molar-refractivity contribution >= 4 is 0 Å². The summed E-state index contributed by atoms with van der Waals surface area (Å²) in [6.07, 6.45) is 6.32. The van der Waals surface area contributed by atoms with Crippen LogP contribution in [0.1, 0.15) is 69.6 Å². The van der Waals surface area contributed by atoms with Gasteiger partial charge in [0, 0.05) is 25.0 Å². The van der Waals surface area contributed by atoms with Crippen molar-refractivity contribution in [3.63, 3.8) is 0 Å². The lowest BCUT2D eigenvalue weighted by molar-refractivity contribution is -0.0946. The molecule has 4 rings (SSSR count). The number of piperidine rings is 2. The van der Waals surface area contributed by atoms with Crippen LogP contribution in [0.15, 0.2) is 54.6 Å². The third-order valence-corrected chi connectivity index (χ3v) is 6.81. The molecule has 2 unspecified atom stereocenters. The number of hydrogen-bond acceptors (Lipinski definition) is 2. The SMILES string of the molecule is CC(C)(C)c1ccc(CC2(O)CC3CCCC(C2)N3Cc2ccccc2)cc1. The summed E-state index contributed by atoms with van der Waals surface area (Å²) in [4.78, 5) is 2.68. The van der Waals surface area contributed by atoms with Crippen LogP contribution in [0.25, 0.3) is 0 Å². The molecule has 28 heavy (non-hydrogen) atoms. The lowest BCUT2D eigenvalue weighted by Crippen LogP contribution is -2.58. The molecule has 2 saturated heterocycles. The third-order valence-electron chi connectivity index (χ3n) is 6.81. The zero-order chi connectivity index (χ0) is 19.8. The fraction of sp³-hybridized carbons (Fsp3) is 0.538. The maximum Gasteiger partial charge on any atom is 0.0717 e. The Labute approximate surface area is 170 Å². The first kappa shape index (κ1) is 19.7. The normalized spacial score (nSPS) is 28.3. The number of aliphatic hydroxyl groups is 1. The van der Waals surface area contributed by atoms with Crippen molar-refractivity contribution in [1.82, 2.24) is 4.90 Å². The molecule has 0 aliphatic carbocycles. The summed E-state index contributed by atoms with van der Waals surface area (Å²) in [6, 6.07) is 20.8. The molecule has 2 atom stereocenters. The van der Waals surface area contributed by atoms with E-state index in [4.69, 9.17) is 0 Å². The highest BCUT2D eigenvalue weighted by atomic mass is 16.3. The zero-order valence-electron chi connectivity index (χ0n) is 17.7. The van der Waals surface area contributed by atoms with Crippen molar-refractivity contribution in [3.8, 4) is 0 Å². The fourth-order valence-electron chi connectivity index (χ4n) is 5.32.